The molecule has 2 fully saturated rings. The average Bonchev–Trinajstić information content (AvgIpc) is 2.65. The minimum Gasteiger partial charge on any atom is -0.453 e. The number of carbonyl (C=O) groups excluding carboxylic acids is 2. The normalized spacial score (nSPS) is 35.3. The van der Waals surface area contributed by atoms with E-state index in [1.54, 1.807) is 6.92 Å². The molecule has 2 aliphatic rings. The maximum absolute atomic E-state index is 12.3. The lowest BCUT2D eigenvalue weighted by molar-refractivity contribution is -0.237. The number of hydrogen-bond acceptors (Lipinski definition) is 6. The van der Waals surface area contributed by atoms with E-state index in [0.29, 0.717) is 6.42 Å². The van der Waals surface area contributed by atoms with E-state index < -0.39 is 42.2 Å². The molecule has 128 valence electrons. The summed E-state index contributed by atoms with van der Waals surface area (Å²) in [4.78, 5) is 24.5. The topological polar surface area (TPSA) is 116 Å². The molecule has 0 aromatic carbocycles. The van der Waals surface area contributed by atoms with Gasteiger partial charge in [0.15, 0.2) is 5.60 Å². The van der Waals surface area contributed by atoms with E-state index in [2.05, 4.69) is 5.32 Å². The lowest BCUT2D eigenvalue weighted by Gasteiger charge is -2.54. The largest absolute Gasteiger partial charge is 0.453 e. The van der Waals surface area contributed by atoms with Gasteiger partial charge in [-0.1, -0.05) is 26.0 Å². The van der Waals surface area contributed by atoms with Crippen molar-refractivity contribution in [3.63, 3.8) is 0 Å². The number of allylic oxidation sites excluding steroid dienone is 1. The molecule has 0 spiro atoms. The van der Waals surface area contributed by atoms with Crippen LogP contribution in [0.25, 0.3) is 0 Å². The van der Waals surface area contributed by atoms with Gasteiger partial charge in [-0.2, -0.15) is 0 Å². The zero-order valence-corrected chi connectivity index (χ0v) is 13.7. The first kappa shape index (κ1) is 18.0. The van der Waals surface area contributed by atoms with Gasteiger partial charge in [0.2, 0.25) is 11.4 Å². The van der Waals surface area contributed by atoms with Crippen LogP contribution in [0.3, 0.4) is 0 Å². The number of ether oxygens (including phenoxy) is 1. The third-order valence-corrected chi connectivity index (χ3v) is 5.10. The number of carbonyl (C=O) groups is 2. The number of rotatable bonds is 7. The summed E-state index contributed by atoms with van der Waals surface area (Å²) in [5, 5.41) is 31.8. The summed E-state index contributed by atoms with van der Waals surface area (Å²) in [5.41, 5.74) is -2.83. The van der Waals surface area contributed by atoms with Crippen molar-refractivity contribution < 1.29 is 29.5 Å². The van der Waals surface area contributed by atoms with Crippen LogP contribution >= 0.6 is 0 Å². The highest BCUT2D eigenvalue weighted by Crippen LogP contribution is 2.53. The molecule has 2 saturated heterocycles. The quantitative estimate of drug-likeness (QED) is 0.288. The summed E-state index contributed by atoms with van der Waals surface area (Å²) >= 11 is 0. The third-order valence-electron chi connectivity index (χ3n) is 5.10. The van der Waals surface area contributed by atoms with Gasteiger partial charge in [0.05, 0.1) is 12.0 Å². The molecule has 4 N–H and O–H groups in total. The van der Waals surface area contributed by atoms with Gasteiger partial charge in [0.1, 0.15) is 0 Å². The van der Waals surface area contributed by atoms with Crippen LogP contribution in [0.1, 0.15) is 33.6 Å². The van der Waals surface area contributed by atoms with Gasteiger partial charge in [-0.25, -0.2) is 4.79 Å². The lowest BCUT2D eigenvalue weighted by atomic mass is 9.61. The Kier molecular flexibility index (Phi) is 4.89. The second-order valence-electron chi connectivity index (χ2n) is 6.42. The van der Waals surface area contributed by atoms with E-state index in [4.69, 9.17) is 4.74 Å². The minimum absolute atomic E-state index is 0.258. The molecule has 2 heterocycles. The van der Waals surface area contributed by atoms with Crippen molar-refractivity contribution in [1.82, 2.24) is 5.32 Å². The summed E-state index contributed by atoms with van der Waals surface area (Å²) in [6.45, 7) is 5.40. The van der Waals surface area contributed by atoms with Gasteiger partial charge in [0, 0.05) is 5.92 Å². The first-order valence-electron chi connectivity index (χ1n) is 8.00. The molecule has 0 aromatic rings. The predicted octanol–water partition coefficient (Wildman–Crippen LogP) is -0.387. The molecule has 0 radical (unpaired) electrons. The highest BCUT2D eigenvalue weighted by molar-refractivity contribution is 6.41. The van der Waals surface area contributed by atoms with Crippen LogP contribution in [0.5, 0.6) is 0 Å². The van der Waals surface area contributed by atoms with E-state index in [1.165, 1.54) is 0 Å². The highest BCUT2D eigenvalue weighted by Gasteiger charge is 2.79. The van der Waals surface area contributed by atoms with Crippen molar-refractivity contribution in [2.45, 2.75) is 57.2 Å². The molecule has 7 nitrogen and oxygen atoms in total. The van der Waals surface area contributed by atoms with Crippen molar-refractivity contribution in [3.8, 4) is 0 Å². The zero-order chi connectivity index (χ0) is 17.4. The Balaban J connectivity index is 2.36. The number of fused-ring (bicyclic) bond motifs is 1. The molecule has 0 aliphatic carbocycles. The Morgan fingerprint density at radius 2 is 2.04 bits per heavy atom. The molecule has 23 heavy (non-hydrogen) atoms. The van der Waals surface area contributed by atoms with Crippen molar-refractivity contribution in [2.24, 2.45) is 11.8 Å². The zero-order valence-electron chi connectivity index (χ0n) is 13.7. The van der Waals surface area contributed by atoms with Gasteiger partial charge in [-0.05, 0) is 26.1 Å². The van der Waals surface area contributed by atoms with Gasteiger partial charge in [-0.3, -0.25) is 4.79 Å². The Morgan fingerprint density at radius 1 is 1.39 bits per heavy atom. The first-order chi connectivity index (χ1) is 10.7. The van der Waals surface area contributed by atoms with Crippen molar-refractivity contribution >= 4 is 19.0 Å². The van der Waals surface area contributed by atoms with Crippen LogP contribution in [0.4, 0.5) is 0 Å². The van der Waals surface area contributed by atoms with Crippen LogP contribution in [-0.4, -0.2) is 51.4 Å². The van der Waals surface area contributed by atoms with Crippen LogP contribution in [0, 0.1) is 11.8 Å². The van der Waals surface area contributed by atoms with Gasteiger partial charge in [0.25, 0.3) is 0 Å². The van der Waals surface area contributed by atoms with Gasteiger partial charge >= 0.3 is 13.1 Å². The third kappa shape index (κ3) is 2.49. The van der Waals surface area contributed by atoms with Crippen LogP contribution in [0.2, 0.25) is 6.32 Å². The fraction of sp³-hybridized carbons (Fsp3) is 0.733. The molecular formula is C15H24BNO6. The maximum atomic E-state index is 12.3. The summed E-state index contributed by atoms with van der Waals surface area (Å²) in [6, 6.07) is 0. The molecule has 0 saturated carbocycles. The minimum atomic E-state index is -1.70. The standard InChI is InChI=1S/C15H24BNO6/c1-4-6-7-9(5-2)11(18)15-13(20)23-14(15,3)10(8-16(21)22)12(19)17-15/h6-7,9-11,18,21-22H,4-5,8H2,1-3H3,(H,17,19)/b7-6-/t9-,10-,11-,14-,15-/m0/s1. The molecule has 0 unspecified atom stereocenters. The summed E-state index contributed by atoms with van der Waals surface area (Å²) in [7, 11) is -1.70. The molecule has 8 heteroatoms. The van der Waals surface area contributed by atoms with E-state index in [9.17, 15) is 24.7 Å². The Hall–Kier alpha value is -1.38. The van der Waals surface area contributed by atoms with E-state index >= 15 is 0 Å². The number of esters is 1. The number of hydrogen-bond donors (Lipinski definition) is 4. The maximum Gasteiger partial charge on any atom is 0.452 e. The lowest BCUT2D eigenvalue weighted by Crippen LogP contribution is -2.80. The SMILES string of the molecule is CC/C=C\[C@H](CC)[C@H](O)[C@@]12NC(=O)[C@H](CB(O)O)[C@]1(C)OC2=O. The number of aliphatic hydroxyl groups excluding tert-OH is 1. The second kappa shape index (κ2) is 6.26. The van der Waals surface area contributed by atoms with Crippen molar-refractivity contribution in [1.29, 1.82) is 0 Å². The summed E-state index contributed by atoms with van der Waals surface area (Å²) < 4.78 is 5.23. The molecule has 2 rings (SSSR count). The molecule has 2 aliphatic heterocycles. The summed E-state index contributed by atoms with van der Waals surface area (Å²) in [5.74, 6) is -2.43. The Labute approximate surface area is 135 Å². The van der Waals surface area contributed by atoms with Crippen molar-refractivity contribution in [3.05, 3.63) is 12.2 Å². The fourth-order valence-electron chi connectivity index (χ4n) is 3.69. The predicted molar refractivity (Wildman–Crippen MR) is 83.1 cm³/mol. The van der Waals surface area contributed by atoms with E-state index in [-0.39, 0.29) is 12.2 Å². The summed E-state index contributed by atoms with van der Waals surface area (Å²) in [6.07, 6.45) is 3.72. The van der Waals surface area contributed by atoms with Crippen LogP contribution in [0.15, 0.2) is 12.2 Å². The molecule has 5 atom stereocenters. The first-order valence-corrected chi connectivity index (χ1v) is 8.00. The van der Waals surface area contributed by atoms with Crippen LogP contribution in [-0.2, 0) is 14.3 Å². The monoisotopic (exact) mass is 325 g/mol. The Morgan fingerprint density at radius 3 is 2.52 bits per heavy atom. The van der Waals surface area contributed by atoms with E-state index in [1.807, 2.05) is 26.0 Å². The number of amides is 1. The second-order valence-corrected chi connectivity index (χ2v) is 6.42. The molecular weight excluding hydrogens is 301 g/mol. The average molecular weight is 325 g/mol. The molecule has 0 bridgehead atoms. The van der Waals surface area contributed by atoms with Crippen molar-refractivity contribution in [2.75, 3.05) is 0 Å². The Bertz CT molecular complexity index is 524. The smallest absolute Gasteiger partial charge is 0.452 e. The molecule has 1 amide bonds. The van der Waals surface area contributed by atoms with Gasteiger partial charge < -0.3 is 25.2 Å². The molecule has 0 aromatic heterocycles. The fourth-order valence-corrected chi connectivity index (χ4v) is 3.69. The highest BCUT2D eigenvalue weighted by atomic mass is 16.6. The number of nitrogens with one attached hydrogen (secondary N) is 1. The number of aliphatic hydroxyl groups is 1. The van der Waals surface area contributed by atoms with Gasteiger partial charge in [-0.15, -0.1) is 0 Å². The van der Waals surface area contributed by atoms with E-state index in [0.717, 1.165) is 6.42 Å². The van der Waals surface area contributed by atoms with Crippen LogP contribution < -0.4 is 5.32 Å².